The highest BCUT2D eigenvalue weighted by Gasteiger charge is 2.26. The van der Waals surface area contributed by atoms with E-state index < -0.39 is 6.10 Å². The first-order valence-corrected chi connectivity index (χ1v) is 10.2. The highest BCUT2D eigenvalue weighted by molar-refractivity contribution is 5.97. The Kier molecular flexibility index (Phi) is 5.28. The van der Waals surface area contributed by atoms with Gasteiger partial charge in [0.15, 0.2) is 11.4 Å². The van der Waals surface area contributed by atoms with Crippen LogP contribution in [0, 0.1) is 13.8 Å². The fraction of sp³-hybridized carbons (Fsp3) is 0.391. The van der Waals surface area contributed by atoms with Gasteiger partial charge in [-0.2, -0.15) is 0 Å². The number of aromatic nitrogens is 2. The number of likely N-dealkylation sites (tertiary alicyclic amines) is 1. The zero-order chi connectivity index (χ0) is 20.5. The molecule has 29 heavy (non-hydrogen) atoms. The van der Waals surface area contributed by atoms with Crippen molar-refractivity contribution in [3.05, 3.63) is 64.6 Å². The van der Waals surface area contributed by atoms with Crippen LogP contribution >= 0.6 is 0 Å². The minimum Gasteiger partial charge on any atom is -0.504 e. The third-order valence-corrected chi connectivity index (χ3v) is 5.94. The summed E-state index contributed by atoms with van der Waals surface area (Å²) in [7, 11) is 0. The molecule has 0 aliphatic carbocycles. The Hall–Kier alpha value is -2.86. The van der Waals surface area contributed by atoms with Gasteiger partial charge in [0.05, 0.1) is 17.4 Å². The lowest BCUT2D eigenvalue weighted by Crippen LogP contribution is -2.29. The second kappa shape index (κ2) is 7.87. The lowest BCUT2D eigenvalue weighted by molar-refractivity contribution is 0.0790. The summed E-state index contributed by atoms with van der Waals surface area (Å²) in [4.78, 5) is 19.5. The molecule has 1 atom stereocenters. The smallest absolute Gasteiger partial charge is 0.255 e. The summed E-state index contributed by atoms with van der Waals surface area (Å²) in [6.07, 6.45) is 3.95. The maximum atomic E-state index is 13.2. The van der Waals surface area contributed by atoms with Crippen molar-refractivity contribution in [3.63, 3.8) is 0 Å². The van der Waals surface area contributed by atoms with Gasteiger partial charge < -0.3 is 19.5 Å². The Morgan fingerprint density at radius 2 is 1.86 bits per heavy atom. The summed E-state index contributed by atoms with van der Waals surface area (Å²) in [6.45, 7) is 5.30. The van der Waals surface area contributed by atoms with Crippen molar-refractivity contribution < 1.29 is 15.0 Å². The number of fused-ring (bicyclic) bond motifs is 1. The van der Waals surface area contributed by atoms with Crippen LogP contribution in [0.25, 0.3) is 5.65 Å². The molecule has 152 valence electrons. The van der Waals surface area contributed by atoms with Gasteiger partial charge in [0.25, 0.3) is 5.91 Å². The molecule has 0 spiro atoms. The zero-order valence-electron chi connectivity index (χ0n) is 16.9. The van der Waals surface area contributed by atoms with E-state index in [4.69, 9.17) is 0 Å². The van der Waals surface area contributed by atoms with Crippen molar-refractivity contribution in [1.82, 2.24) is 14.3 Å². The highest BCUT2D eigenvalue weighted by atomic mass is 16.3. The largest absolute Gasteiger partial charge is 0.504 e. The van der Waals surface area contributed by atoms with Crippen molar-refractivity contribution in [2.24, 2.45) is 0 Å². The number of benzene rings is 1. The number of aliphatic hydroxyl groups excluding tert-OH is 1. The molecule has 6 heteroatoms. The van der Waals surface area contributed by atoms with E-state index in [-0.39, 0.29) is 11.7 Å². The second-order valence-electron chi connectivity index (χ2n) is 7.81. The van der Waals surface area contributed by atoms with Gasteiger partial charge in [-0.15, -0.1) is 0 Å². The third kappa shape index (κ3) is 3.60. The van der Waals surface area contributed by atoms with E-state index in [1.54, 1.807) is 10.6 Å². The van der Waals surface area contributed by atoms with Gasteiger partial charge in [-0.3, -0.25) is 4.79 Å². The SMILES string of the molecule is Cc1nc2c(O)c(CC[C@@H](O)c3ccccc3)c(C(=O)N3CCCC3)cn2c1C. The van der Waals surface area contributed by atoms with Crippen molar-refractivity contribution in [3.8, 4) is 5.75 Å². The number of hydrogen-bond acceptors (Lipinski definition) is 4. The van der Waals surface area contributed by atoms with E-state index in [1.165, 1.54) is 0 Å². The van der Waals surface area contributed by atoms with E-state index in [2.05, 4.69) is 4.98 Å². The minimum atomic E-state index is -0.662. The summed E-state index contributed by atoms with van der Waals surface area (Å²) in [6, 6.07) is 9.45. The van der Waals surface area contributed by atoms with Gasteiger partial charge >= 0.3 is 0 Å². The van der Waals surface area contributed by atoms with E-state index in [0.717, 1.165) is 42.9 Å². The number of hydrogen-bond donors (Lipinski definition) is 2. The van der Waals surface area contributed by atoms with Crippen LogP contribution < -0.4 is 0 Å². The molecule has 3 heterocycles. The first-order chi connectivity index (χ1) is 14.0. The van der Waals surface area contributed by atoms with Gasteiger partial charge in [0, 0.05) is 30.5 Å². The molecule has 4 rings (SSSR count). The Morgan fingerprint density at radius 3 is 2.55 bits per heavy atom. The van der Waals surface area contributed by atoms with E-state index in [1.807, 2.05) is 49.1 Å². The molecule has 3 aromatic rings. The maximum Gasteiger partial charge on any atom is 0.255 e. The summed E-state index contributed by atoms with van der Waals surface area (Å²) < 4.78 is 1.80. The Morgan fingerprint density at radius 1 is 1.17 bits per heavy atom. The number of aryl methyl sites for hydroxylation is 2. The first kappa shape index (κ1) is 19.5. The molecular weight excluding hydrogens is 366 g/mol. The van der Waals surface area contributed by atoms with Crippen LogP contribution in [0.1, 0.15) is 58.2 Å². The Bertz CT molecular complexity index is 1040. The topological polar surface area (TPSA) is 78.1 Å². The van der Waals surface area contributed by atoms with Crippen molar-refractivity contribution in [1.29, 1.82) is 0 Å². The number of imidazole rings is 1. The molecule has 2 aromatic heterocycles. The monoisotopic (exact) mass is 393 g/mol. The predicted molar refractivity (Wildman–Crippen MR) is 111 cm³/mol. The standard InChI is InChI=1S/C23H27N3O3/c1-15-16(2)26-14-19(23(29)25-12-6-7-13-25)18(21(28)22(26)24-15)10-11-20(27)17-8-4-3-5-9-17/h3-5,8-9,14,20,27-28H,6-7,10-13H2,1-2H3/t20-/m1/s1. The number of carbonyl (C=O) groups is 1. The molecular formula is C23H27N3O3. The van der Waals surface area contributed by atoms with Crippen LogP contribution in [0.2, 0.25) is 0 Å². The van der Waals surface area contributed by atoms with E-state index in [9.17, 15) is 15.0 Å². The van der Waals surface area contributed by atoms with Crippen LogP contribution in [-0.2, 0) is 6.42 Å². The third-order valence-electron chi connectivity index (χ3n) is 5.94. The molecule has 0 bridgehead atoms. The number of nitrogens with zero attached hydrogens (tertiary/aromatic N) is 3. The molecule has 1 aliphatic rings. The molecule has 0 saturated carbocycles. The molecule has 1 fully saturated rings. The number of amides is 1. The predicted octanol–water partition coefficient (Wildman–Crippen LogP) is 3.56. The summed E-state index contributed by atoms with van der Waals surface area (Å²) in [5.41, 5.74) is 4.07. The molecule has 0 radical (unpaired) electrons. The average molecular weight is 393 g/mol. The van der Waals surface area contributed by atoms with Crippen molar-refractivity contribution in [2.45, 2.75) is 45.6 Å². The van der Waals surface area contributed by atoms with Gasteiger partial charge in [-0.1, -0.05) is 30.3 Å². The van der Waals surface area contributed by atoms with Gasteiger partial charge in [-0.25, -0.2) is 4.98 Å². The summed E-state index contributed by atoms with van der Waals surface area (Å²) >= 11 is 0. The molecule has 1 amide bonds. The number of rotatable bonds is 5. The van der Waals surface area contributed by atoms with Crippen LogP contribution in [-0.4, -0.2) is 43.5 Å². The quantitative estimate of drug-likeness (QED) is 0.695. The van der Waals surface area contributed by atoms with Crippen molar-refractivity contribution in [2.75, 3.05) is 13.1 Å². The summed E-state index contributed by atoms with van der Waals surface area (Å²) in [5.74, 6) is -0.0267. The molecule has 1 aliphatic heterocycles. The normalized spacial score (nSPS) is 15.2. The molecule has 6 nitrogen and oxygen atoms in total. The van der Waals surface area contributed by atoms with Crippen molar-refractivity contribution >= 4 is 11.6 Å². The Labute approximate surface area is 170 Å². The van der Waals surface area contributed by atoms with E-state index >= 15 is 0 Å². The fourth-order valence-corrected chi connectivity index (χ4v) is 4.07. The Balaban J connectivity index is 1.72. The van der Waals surface area contributed by atoms with Gasteiger partial charge in [0.1, 0.15) is 0 Å². The van der Waals surface area contributed by atoms with Crippen LogP contribution in [0.15, 0.2) is 36.5 Å². The molecule has 0 unspecified atom stereocenters. The first-order valence-electron chi connectivity index (χ1n) is 10.2. The summed E-state index contributed by atoms with van der Waals surface area (Å²) in [5, 5.41) is 21.6. The number of aliphatic hydroxyl groups is 1. The molecule has 1 aromatic carbocycles. The highest BCUT2D eigenvalue weighted by Crippen LogP contribution is 2.32. The van der Waals surface area contributed by atoms with Gasteiger partial charge in [-0.05, 0) is 45.1 Å². The number of pyridine rings is 1. The van der Waals surface area contributed by atoms with Gasteiger partial charge in [0.2, 0.25) is 0 Å². The number of carbonyl (C=O) groups excluding carboxylic acids is 1. The second-order valence-corrected chi connectivity index (χ2v) is 7.81. The fourth-order valence-electron chi connectivity index (χ4n) is 4.07. The van der Waals surface area contributed by atoms with E-state index in [0.29, 0.717) is 29.6 Å². The lowest BCUT2D eigenvalue weighted by atomic mass is 9.97. The average Bonchev–Trinajstić information content (AvgIpc) is 3.37. The molecule has 1 saturated heterocycles. The minimum absolute atomic E-state index is 0.0338. The lowest BCUT2D eigenvalue weighted by Gasteiger charge is -2.20. The maximum absolute atomic E-state index is 13.2. The molecule has 2 N–H and O–H groups in total. The van der Waals surface area contributed by atoms with Crippen LogP contribution in [0.3, 0.4) is 0 Å². The zero-order valence-corrected chi connectivity index (χ0v) is 16.9. The van der Waals surface area contributed by atoms with Crippen LogP contribution in [0.4, 0.5) is 0 Å². The van der Waals surface area contributed by atoms with Crippen LogP contribution in [0.5, 0.6) is 5.75 Å². The number of aromatic hydroxyl groups is 1.